The molecule has 1 aromatic rings. The maximum Gasteiger partial charge on any atom is 0.133 e. The fraction of sp³-hybridized carbons (Fsp3) is 0.522. The van der Waals surface area contributed by atoms with Gasteiger partial charge in [-0.3, -0.25) is 0 Å². The van der Waals surface area contributed by atoms with Crippen LogP contribution in [0.15, 0.2) is 41.3 Å². The van der Waals surface area contributed by atoms with E-state index in [4.69, 9.17) is 10.7 Å². The molecule has 0 unspecified atom stereocenters. The van der Waals surface area contributed by atoms with E-state index in [0.717, 1.165) is 61.2 Å². The molecule has 6 nitrogen and oxygen atoms in total. The van der Waals surface area contributed by atoms with Gasteiger partial charge in [0.2, 0.25) is 0 Å². The summed E-state index contributed by atoms with van der Waals surface area (Å²) in [5, 5.41) is 6.90. The van der Waals surface area contributed by atoms with Gasteiger partial charge in [0.1, 0.15) is 11.6 Å². The third kappa shape index (κ3) is 5.00. The summed E-state index contributed by atoms with van der Waals surface area (Å²) in [6.45, 7) is 17.3. The van der Waals surface area contributed by atoms with Gasteiger partial charge in [-0.2, -0.15) is 0 Å². The fourth-order valence-corrected chi connectivity index (χ4v) is 4.02. The van der Waals surface area contributed by atoms with Crippen molar-refractivity contribution in [2.75, 3.05) is 43.4 Å². The van der Waals surface area contributed by atoms with Crippen molar-refractivity contribution in [2.24, 2.45) is 5.73 Å². The summed E-state index contributed by atoms with van der Waals surface area (Å²) in [5.41, 5.74) is 13.1. The van der Waals surface area contributed by atoms with E-state index in [9.17, 15) is 0 Å². The van der Waals surface area contributed by atoms with E-state index in [0.29, 0.717) is 12.6 Å². The number of anilines is 2. The zero-order valence-electron chi connectivity index (χ0n) is 18.6. The normalized spacial score (nSPS) is 18.2. The first-order valence-electron chi connectivity index (χ1n) is 10.6. The van der Waals surface area contributed by atoms with Gasteiger partial charge >= 0.3 is 0 Å². The molecule has 0 spiro atoms. The molecular formula is C23H36N6. The van der Waals surface area contributed by atoms with Crippen molar-refractivity contribution >= 4 is 11.6 Å². The minimum Gasteiger partial charge on any atom is -0.368 e. The number of allylic oxidation sites excluding steroid dienone is 4. The minimum atomic E-state index is 0.293. The summed E-state index contributed by atoms with van der Waals surface area (Å²) in [6.07, 6.45) is 2.98. The van der Waals surface area contributed by atoms with Crippen molar-refractivity contribution in [1.82, 2.24) is 15.2 Å². The molecule has 158 valence electrons. The van der Waals surface area contributed by atoms with Gasteiger partial charge in [-0.25, -0.2) is 4.98 Å². The highest BCUT2D eigenvalue weighted by Gasteiger charge is 2.21. The molecule has 0 radical (unpaired) electrons. The Labute approximate surface area is 175 Å². The van der Waals surface area contributed by atoms with E-state index in [1.165, 1.54) is 16.7 Å². The number of nitrogens with zero attached hydrogens (tertiary/aromatic N) is 3. The number of rotatable bonds is 6. The molecule has 1 fully saturated rings. The average molecular weight is 397 g/mol. The lowest BCUT2D eigenvalue weighted by Crippen LogP contribution is -2.45. The quantitative estimate of drug-likeness (QED) is 0.687. The zero-order valence-corrected chi connectivity index (χ0v) is 18.6. The van der Waals surface area contributed by atoms with E-state index in [-0.39, 0.29) is 0 Å². The SMILES string of the molecule is C=C1NC(C)=CC(C)=C1Cc1cc(N2CCN(C)CC2)nc(NC(C)C)c1CN. The van der Waals surface area contributed by atoms with Crippen LogP contribution in [0.2, 0.25) is 0 Å². The largest absolute Gasteiger partial charge is 0.368 e. The molecule has 3 heterocycles. The minimum absolute atomic E-state index is 0.293. The summed E-state index contributed by atoms with van der Waals surface area (Å²) in [4.78, 5) is 9.73. The van der Waals surface area contributed by atoms with E-state index >= 15 is 0 Å². The average Bonchev–Trinajstić information content (AvgIpc) is 2.64. The molecule has 2 aliphatic heterocycles. The van der Waals surface area contributed by atoms with E-state index in [2.05, 4.69) is 73.9 Å². The topological polar surface area (TPSA) is 69.5 Å². The predicted molar refractivity (Wildman–Crippen MR) is 123 cm³/mol. The lowest BCUT2D eigenvalue weighted by Gasteiger charge is -2.34. The molecule has 0 bridgehead atoms. The van der Waals surface area contributed by atoms with Gasteiger partial charge in [-0.1, -0.05) is 6.58 Å². The summed E-state index contributed by atoms with van der Waals surface area (Å²) in [5.74, 6) is 1.95. The molecule has 0 atom stereocenters. The highest BCUT2D eigenvalue weighted by molar-refractivity contribution is 5.59. The molecule has 3 rings (SSSR count). The Kier molecular flexibility index (Phi) is 6.65. The summed E-state index contributed by atoms with van der Waals surface area (Å²) in [6, 6.07) is 2.53. The number of nitrogens with one attached hydrogen (secondary N) is 2. The molecule has 29 heavy (non-hydrogen) atoms. The van der Waals surface area contributed by atoms with E-state index in [1.807, 2.05) is 0 Å². The Balaban J connectivity index is 2.03. The number of hydrogen-bond donors (Lipinski definition) is 3. The third-order valence-electron chi connectivity index (χ3n) is 5.65. The number of nitrogens with two attached hydrogens (primary N) is 1. The third-order valence-corrected chi connectivity index (χ3v) is 5.65. The smallest absolute Gasteiger partial charge is 0.133 e. The number of likely N-dealkylation sites (N-methyl/N-ethyl adjacent to an activating group) is 1. The Morgan fingerprint density at radius 2 is 1.93 bits per heavy atom. The van der Waals surface area contributed by atoms with Gasteiger partial charge in [0.25, 0.3) is 0 Å². The number of hydrogen-bond acceptors (Lipinski definition) is 6. The van der Waals surface area contributed by atoms with Gasteiger partial charge < -0.3 is 26.2 Å². The van der Waals surface area contributed by atoms with Crippen LogP contribution in [0.3, 0.4) is 0 Å². The van der Waals surface area contributed by atoms with Crippen molar-refractivity contribution in [3.05, 3.63) is 52.4 Å². The molecule has 1 saturated heterocycles. The van der Waals surface area contributed by atoms with Crippen LogP contribution < -0.4 is 21.3 Å². The van der Waals surface area contributed by atoms with Crippen molar-refractivity contribution in [2.45, 2.75) is 46.7 Å². The van der Waals surface area contributed by atoms with Crippen molar-refractivity contribution in [1.29, 1.82) is 0 Å². The maximum absolute atomic E-state index is 6.20. The standard InChI is InChI=1S/C23H36N6/c1-15(2)25-23-21(14-24)19(12-20-16(3)11-17(4)26-18(20)5)13-22(27-23)29-9-7-28(6)8-10-29/h11,13,15,26H,5,7-10,12,14,24H2,1-4,6H3,(H,25,27). The molecule has 1 aromatic heterocycles. The van der Waals surface area contributed by atoms with Gasteiger partial charge in [0, 0.05) is 62.1 Å². The first-order valence-corrected chi connectivity index (χ1v) is 10.6. The molecule has 2 aliphatic rings. The Hall–Kier alpha value is -2.31. The number of aromatic nitrogens is 1. The molecule has 0 saturated carbocycles. The van der Waals surface area contributed by atoms with Gasteiger partial charge in [0.15, 0.2) is 0 Å². The van der Waals surface area contributed by atoms with E-state index in [1.54, 1.807) is 0 Å². The highest BCUT2D eigenvalue weighted by atomic mass is 15.3. The second-order valence-electron chi connectivity index (χ2n) is 8.53. The highest BCUT2D eigenvalue weighted by Crippen LogP contribution is 2.30. The van der Waals surface area contributed by atoms with Crippen LogP contribution in [-0.2, 0) is 13.0 Å². The van der Waals surface area contributed by atoms with E-state index < -0.39 is 0 Å². The first-order chi connectivity index (χ1) is 13.8. The monoisotopic (exact) mass is 396 g/mol. The van der Waals surface area contributed by atoms with Crippen LogP contribution >= 0.6 is 0 Å². The van der Waals surface area contributed by atoms with Gasteiger partial charge in [-0.05, 0) is 63.6 Å². The maximum atomic E-state index is 6.20. The number of piperazine rings is 1. The second-order valence-corrected chi connectivity index (χ2v) is 8.53. The Morgan fingerprint density at radius 3 is 2.52 bits per heavy atom. The zero-order chi connectivity index (χ0) is 21.1. The molecule has 6 heteroatoms. The number of pyridine rings is 1. The Morgan fingerprint density at radius 1 is 1.24 bits per heavy atom. The predicted octanol–water partition coefficient (Wildman–Crippen LogP) is 2.99. The summed E-state index contributed by atoms with van der Waals surface area (Å²) in [7, 11) is 2.17. The second kappa shape index (κ2) is 9.01. The van der Waals surface area contributed by atoms with Crippen LogP contribution in [0.4, 0.5) is 11.6 Å². The van der Waals surface area contributed by atoms with Gasteiger partial charge in [0.05, 0.1) is 0 Å². The summed E-state index contributed by atoms with van der Waals surface area (Å²) >= 11 is 0. The summed E-state index contributed by atoms with van der Waals surface area (Å²) < 4.78 is 0. The molecule has 0 amide bonds. The lowest BCUT2D eigenvalue weighted by molar-refractivity contribution is 0.312. The van der Waals surface area contributed by atoms with Crippen LogP contribution in [0, 0.1) is 0 Å². The molecule has 0 aliphatic carbocycles. The number of dihydropyridines is 1. The van der Waals surface area contributed by atoms with Crippen LogP contribution in [-0.4, -0.2) is 49.2 Å². The van der Waals surface area contributed by atoms with Crippen LogP contribution in [0.1, 0.15) is 38.8 Å². The first kappa shape index (κ1) is 21.4. The van der Waals surface area contributed by atoms with Crippen molar-refractivity contribution in [3.8, 4) is 0 Å². The Bertz CT molecular complexity index is 828. The lowest BCUT2D eigenvalue weighted by atomic mass is 9.93. The van der Waals surface area contributed by atoms with Crippen LogP contribution in [0.5, 0.6) is 0 Å². The molecule has 4 N–H and O–H groups in total. The van der Waals surface area contributed by atoms with Crippen LogP contribution in [0.25, 0.3) is 0 Å². The van der Waals surface area contributed by atoms with Crippen molar-refractivity contribution in [3.63, 3.8) is 0 Å². The molecular weight excluding hydrogens is 360 g/mol. The molecule has 0 aromatic carbocycles. The van der Waals surface area contributed by atoms with Gasteiger partial charge in [-0.15, -0.1) is 0 Å². The van der Waals surface area contributed by atoms with Crippen molar-refractivity contribution < 1.29 is 0 Å². The fourth-order valence-electron chi connectivity index (χ4n) is 4.02.